The van der Waals surface area contributed by atoms with Crippen LogP contribution in [-0.2, 0) is 14.3 Å². The molecule has 10 nitrogen and oxygen atoms in total. The first-order valence-corrected chi connectivity index (χ1v) is 11.3. The number of nitrogens with one attached hydrogen (secondary N) is 2. The third-order valence-corrected chi connectivity index (χ3v) is 6.81. The Kier molecular flexibility index (Phi) is 7.27. The standard InChI is InChI=1S/C20H28ClFN6O4/c21-20-23-17(16(22)18(24-20)27-6-14-9-32-10-15(14)7-27)25-26-19(30)13(8-28(31)11-29)5-12-3-1-2-4-12/h11-15,31H,1-10H2,(H,26,30)(H,23,24,25)/t13?,14-,15?/m1/s1. The van der Waals surface area contributed by atoms with Crippen LogP contribution < -0.4 is 15.8 Å². The Labute approximate surface area is 190 Å². The second-order valence-electron chi connectivity index (χ2n) is 8.87. The zero-order chi connectivity index (χ0) is 22.7. The molecule has 176 valence electrons. The molecule has 0 spiro atoms. The van der Waals surface area contributed by atoms with E-state index in [2.05, 4.69) is 20.8 Å². The average molecular weight is 471 g/mol. The lowest BCUT2D eigenvalue weighted by atomic mass is 9.92. The Morgan fingerprint density at radius 3 is 2.66 bits per heavy atom. The SMILES string of the molecule is O=CN(O)CC(CC1CCCC1)C(=O)NNc1nc(Cl)nc(N2CC3COC[C@H]3C2)c1F. The van der Waals surface area contributed by atoms with Crippen molar-refractivity contribution < 1.29 is 23.9 Å². The van der Waals surface area contributed by atoms with Crippen LogP contribution in [0.2, 0.25) is 5.28 Å². The van der Waals surface area contributed by atoms with E-state index in [-0.39, 0.29) is 29.9 Å². The molecule has 1 aromatic rings. The molecule has 1 saturated carbocycles. The van der Waals surface area contributed by atoms with E-state index in [4.69, 9.17) is 16.3 Å². The average Bonchev–Trinajstić information content (AvgIpc) is 3.51. The highest BCUT2D eigenvalue weighted by Crippen LogP contribution is 2.34. The predicted octanol–water partition coefficient (Wildman–Crippen LogP) is 1.84. The van der Waals surface area contributed by atoms with Gasteiger partial charge in [0, 0.05) is 24.9 Å². The Morgan fingerprint density at radius 2 is 2.00 bits per heavy atom. The molecule has 2 unspecified atom stereocenters. The van der Waals surface area contributed by atoms with Crippen molar-refractivity contribution in [3.05, 3.63) is 11.1 Å². The number of halogens is 2. The van der Waals surface area contributed by atoms with Gasteiger partial charge in [-0.25, -0.2) is 5.06 Å². The van der Waals surface area contributed by atoms with Gasteiger partial charge in [0.15, 0.2) is 11.6 Å². The highest BCUT2D eigenvalue weighted by Gasteiger charge is 2.39. The van der Waals surface area contributed by atoms with Crippen molar-refractivity contribution in [3.63, 3.8) is 0 Å². The number of hydrazine groups is 1. The number of carbonyl (C=O) groups excluding carboxylic acids is 2. The van der Waals surface area contributed by atoms with E-state index in [1.165, 1.54) is 0 Å². The number of nitrogens with zero attached hydrogens (tertiary/aromatic N) is 4. The molecule has 3 fully saturated rings. The highest BCUT2D eigenvalue weighted by atomic mass is 35.5. The Bertz CT molecular complexity index is 831. The molecule has 2 saturated heterocycles. The van der Waals surface area contributed by atoms with Crippen molar-refractivity contribution in [3.8, 4) is 0 Å². The number of amides is 2. The van der Waals surface area contributed by atoms with Crippen molar-refractivity contribution >= 4 is 35.6 Å². The van der Waals surface area contributed by atoms with Gasteiger partial charge in [0.25, 0.3) is 0 Å². The molecule has 32 heavy (non-hydrogen) atoms. The minimum Gasteiger partial charge on any atom is -0.381 e. The van der Waals surface area contributed by atoms with Gasteiger partial charge in [0.05, 0.1) is 25.7 Å². The highest BCUT2D eigenvalue weighted by molar-refractivity contribution is 6.28. The van der Waals surface area contributed by atoms with E-state index in [0.29, 0.717) is 55.5 Å². The summed E-state index contributed by atoms with van der Waals surface area (Å²) in [6.45, 7) is 2.37. The van der Waals surface area contributed by atoms with Crippen molar-refractivity contribution in [2.75, 3.05) is 43.2 Å². The summed E-state index contributed by atoms with van der Waals surface area (Å²) in [7, 11) is 0. The Morgan fingerprint density at radius 1 is 1.31 bits per heavy atom. The minimum absolute atomic E-state index is 0.0844. The predicted molar refractivity (Wildman–Crippen MR) is 113 cm³/mol. The number of hydrogen-bond donors (Lipinski definition) is 3. The molecule has 0 radical (unpaired) electrons. The van der Waals surface area contributed by atoms with Crippen LogP contribution in [0, 0.1) is 29.5 Å². The largest absolute Gasteiger partial charge is 0.381 e. The second kappa shape index (κ2) is 10.1. The van der Waals surface area contributed by atoms with Crippen LogP contribution in [0.4, 0.5) is 16.0 Å². The summed E-state index contributed by atoms with van der Waals surface area (Å²) in [6.07, 6.45) is 5.00. The number of aromatic nitrogens is 2. The normalized spacial score (nSPS) is 23.8. The summed E-state index contributed by atoms with van der Waals surface area (Å²) >= 11 is 6.03. The summed E-state index contributed by atoms with van der Waals surface area (Å²) in [5.74, 6) is -0.982. The molecule has 4 rings (SSSR count). The molecule has 12 heteroatoms. The lowest BCUT2D eigenvalue weighted by Gasteiger charge is -2.23. The zero-order valence-corrected chi connectivity index (χ0v) is 18.4. The van der Waals surface area contributed by atoms with Crippen molar-refractivity contribution in [2.45, 2.75) is 32.1 Å². The molecular formula is C20H28ClFN6O4. The van der Waals surface area contributed by atoms with Gasteiger partial charge >= 0.3 is 0 Å². The third kappa shape index (κ3) is 5.21. The number of ether oxygens (including phenoxy) is 1. The Balaban J connectivity index is 1.42. The smallest absolute Gasteiger partial charge is 0.243 e. The van der Waals surface area contributed by atoms with Gasteiger partial charge in [-0.05, 0) is 23.9 Å². The Hall–Kier alpha value is -2.24. The van der Waals surface area contributed by atoms with E-state index in [9.17, 15) is 14.8 Å². The molecule has 0 aromatic carbocycles. The molecule has 0 bridgehead atoms. The molecule has 3 atom stereocenters. The topological polar surface area (TPSA) is 120 Å². The maximum Gasteiger partial charge on any atom is 0.243 e. The number of anilines is 2. The zero-order valence-electron chi connectivity index (χ0n) is 17.7. The number of hydroxylamine groups is 2. The van der Waals surface area contributed by atoms with Crippen molar-refractivity contribution in [1.82, 2.24) is 20.5 Å². The van der Waals surface area contributed by atoms with Gasteiger partial charge in [-0.3, -0.25) is 25.6 Å². The van der Waals surface area contributed by atoms with Gasteiger partial charge in [-0.2, -0.15) is 14.4 Å². The summed E-state index contributed by atoms with van der Waals surface area (Å²) in [6, 6.07) is 0. The van der Waals surface area contributed by atoms with Crippen molar-refractivity contribution in [2.24, 2.45) is 23.7 Å². The van der Waals surface area contributed by atoms with Crippen LogP contribution in [0.5, 0.6) is 0 Å². The van der Waals surface area contributed by atoms with Crippen LogP contribution >= 0.6 is 11.6 Å². The van der Waals surface area contributed by atoms with Gasteiger partial charge in [0.2, 0.25) is 23.4 Å². The summed E-state index contributed by atoms with van der Waals surface area (Å²) in [4.78, 5) is 33.4. The fraction of sp³-hybridized carbons (Fsp3) is 0.700. The van der Waals surface area contributed by atoms with E-state index in [1.54, 1.807) is 0 Å². The fourth-order valence-corrected chi connectivity index (χ4v) is 5.13. The van der Waals surface area contributed by atoms with E-state index in [0.717, 1.165) is 25.7 Å². The molecule has 2 aliphatic heterocycles. The molecule has 3 N–H and O–H groups in total. The van der Waals surface area contributed by atoms with E-state index in [1.807, 2.05) is 4.90 Å². The quantitative estimate of drug-likeness (QED) is 0.216. The van der Waals surface area contributed by atoms with Gasteiger partial charge in [0.1, 0.15) is 0 Å². The molecule has 2 amide bonds. The van der Waals surface area contributed by atoms with Crippen LogP contribution in [0.1, 0.15) is 32.1 Å². The third-order valence-electron chi connectivity index (χ3n) is 6.64. The van der Waals surface area contributed by atoms with Crippen LogP contribution in [0.25, 0.3) is 0 Å². The van der Waals surface area contributed by atoms with Crippen LogP contribution in [0.3, 0.4) is 0 Å². The molecular weight excluding hydrogens is 443 g/mol. The second-order valence-corrected chi connectivity index (χ2v) is 9.20. The first-order valence-electron chi connectivity index (χ1n) is 11.0. The maximum atomic E-state index is 15.2. The first-order chi connectivity index (χ1) is 15.4. The maximum absolute atomic E-state index is 15.2. The monoisotopic (exact) mass is 470 g/mol. The van der Waals surface area contributed by atoms with Crippen molar-refractivity contribution in [1.29, 1.82) is 0 Å². The molecule has 3 aliphatic rings. The fourth-order valence-electron chi connectivity index (χ4n) is 4.97. The van der Waals surface area contributed by atoms with Gasteiger partial charge in [-0.15, -0.1) is 0 Å². The lowest BCUT2D eigenvalue weighted by Crippen LogP contribution is -2.41. The number of rotatable bonds is 9. The minimum atomic E-state index is -0.709. The van der Waals surface area contributed by atoms with E-state index < -0.39 is 17.6 Å². The number of carbonyl (C=O) groups is 2. The summed E-state index contributed by atoms with van der Waals surface area (Å²) in [5, 5.41) is 9.90. The van der Waals surface area contributed by atoms with E-state index >= 15 is 4.39 Å². The summed E-state index contributed by atoms with van der Waals surface area (Å²) in [5.41, 5.74) is 4.97. The van der Waals surface area contributed by atoms with Crippen LogP contribution in [-0.4, -0.2) is 65.4 Å². The summed E-state index contributed by atoms with van der Waals surface area (Å²) < 4.78 is 20.6. The molecule has 3 heterocycles. The first kappa shape index (κ1) is 22.9. The number of fused-ring (bicyclic) bond motifs is 1. The van der Waals surface area contributed by atoms with Crippen LogP contribution in [0.15, 0.2) is 0 Å². The number of hydrogen-bond acceptors (Lipinski definition) is 8. The lowest BCUT2D eigenvalue weighted by molar-refractivity contribution is -0.154. The molecule has 1 aliphatic carbocycles. The van der Waals surface area contributed by atoms with Gasteiger partial charge < -0.3 is 9.64 Å². The van der Waals surface area contributed by atoms with Gasteiger partial charge in [-0.1, -0.05) is 25.7 Å². The molecule has 1 aromatic heterocycles.